The molecular weight excluding hydrogens is 459 g/mol. The van der Waals surface area contributed by atoms with Crippen molar-refractivity contribution in [3.05, 3.63) is 63.8 Å². The van der Waals surface area contributed by atoms with Gasteiger partial charge in [-0.1, -0.05) is 35.3 Å². The van der Waals surface area contributed by atoms with Crippen LogP contribution in [0.15, 0.2) is 42.6 Å². The summed E-state index contributed by atoms with van der Waals surface area (Å²) in [5.41, 5.74) is 6.11. The lowest BCUT2D eigenvalue weighted by Crippen LogP contribution is -2.21. The van der Waals surface area contributed by atoms with E-state index in [1.165, 1.54) is 26.4 Å². The van der Waals surface area contributed by atoms with Crippen LogP contribution in [0.5, 0.6) is 17.2 Å². The number of primary amides is 1. The number of anilines is 1. The third-order valence-electron chi connectivity index (χ3n) is 4.39. The van der Waals surface area contributed by atoms with Crippen LogP contribution in [0.3, 0.4) is 0 Å². The van der Waals surface area contributed by atoms with Crippen molar-refractivity contribution in [3.8, 4) is 17.2 Å². The summed E-state index contributed by atoms with van der Waals surface area (Å²) in [6, 6.07) is 9.87. The number of carbonyl (C=O) groups is 2. The van der Waals surface area contributed by atoms with Gasteiger partial charge >= 0.3 is 0 Å². The lowest BCUT2D eigenvalue weighted by molar-refractivity contribution is -0.120. The molecule has 0 aliphatic rings. The molecule has 0 unspecified atom stereocenters. The van der Waals surface area contributed by atoms with Crippen LogP contribution in [0.2, 0.25) is 10.0 Å². The molecule has 3 N–H and O–H groups in total. The summed E-state index contributed by atoms with van der Waals surface area (Å²) in [7, 11) is 2.80. The fourth-order valence-corrected chi connectivity index (χ4v) is 3.26. The van der Waals surface area contributed by atoms with Gasteiger partial charge in [0, 0.05) is 11.6 Å². The molecule has 2 amide bonds. The highest BCUT2D eigenvalue weighted by Gasteiger charge is 2.19. The van der Waals surface area contributed by atoms with Gasteiger partial charge in [0.25, 0.3) is 11.8 Å². The largest absolute Gasteiger partial charge is 0.493 e. The number of amides is 2. The molecule has 3 rings (SSSR count). The topological polar surface area (TPSA) is 118 Å². The van der Waals surface area contributed by atoms with Crippen molar-refractivity contribution in [1.29, 1.82) is 0 Å². The molecule has 1 heterocycles. The molecule has 0 aliphatic carbocycles. The Bertz CT molecular complexity index is 1120. The zero-order chi connectivity index (χ0) is 23.3. The van der Waals surface area contributed by atoms with Gasteiger partial charge in [-0.2, -0.15) is 5.10 Å². The number of methoxy groups -OCH3 is 2. The zero-order valence-electron chi connectivity index (χ0n) is 17.2. The number of nitrogens with zero attached hydrogens (tertiary/aromatic N) is 2. The van der Waals surface area contributed by atoms with Gasteiger partial charge < -0.3 is 25.3 Å². The molecule has 1 aromatic heterocycles. The third-order valence-corrected chi connectivity index (χ3v) is 5.25. The van der Waals surface area contributed by atoms with Gasteiger partial charge in [-0.25, -0.2) is 4.68 Å². The molecule has 0 bridgehead atoms. The first-order valence-electron chi connectivity index (χ1n) is 9.27. The number of rotatable bonds is 9. The number of hydrogen-bond donors (Lipinski definition) is 2. The van der Waals surface area contributed by atoms with Crippen molar-refractivity contribution in [3.63, 3.8) is 0 Å². The summed E-state index contributed by atoms with van der Waals surface area (Å²) >= 11 is 12.3. The average molecular weight is 479 g/mol. The molecule has 168 valence electrons. The smallest absolute Gasteiger partial charge is 0.257 e. The van der Waals surface area contributed by atoms with Crippen LogP contribution in [-0.4, -0.2) is 42.4 Å². The normalized spacial score (nSPS) is 10.5. The Kier molecular flexibility index (Phi) is 7.45. The molecule has 0 spiro atoms. The van der Waals surface area contributed by atoms with Gasteiger partial charge in [-0.15, -0.1) is 0 Å². The van der Waals surface area contributed by atoms with Crippen LogP contribution in [0.4, 0.5) is 5.82 Å². The Hall–Kier alpha value is -3.43. The number of aromatic nitrogens is 2. The number of benzene rings is 2. The summed E-state index contributed by atoms with van der Waals surface area (Å²) in [5.74, 6) is -0.0973. The Morgan fingerprint density at radius 1 is 1.12 bits per heavy atom. The van der Waals surface area contributed by atoms with Crippen molar-refractivity contribution < 1.29 is 23.8 Å². The molecule has 32 heavy (non-hydrogen) atoms. The molecule has 11 heteroatoms. The molecule has 0 saturated heterocycles. The van der Waals surface area contributed by atoms with E-state index in [0.717, 1.165) is 5.56 Å². The van der Waals surface area contributed by atoms with E-state index in [9.17, 15) is 9.59 Å². The van der Waals surface area contributed by atoms with E-state index in [0.29, 0.717) is 22.4 Å². The molecular formula is C21H20Cl2N4O5. The quantitative estimate of drug-likeness (QED) is 0.486. The molecule has 2 aromatic carbocycles. The number of nitrogens with two attached hydrogens (primary N) is 1. The number of nitrogens with one attached hydrogen (secondary N) is 1. The Labute approximate surface area is 194 Å². The Morgan fingerprint density at radius 3 is 2.44 bits per heavy atom. The standard InChI is InChI=1S/C21H20Cl2N4O5/c1-30-15-8-13(9-16(31-2)20(15)32-11-17(24)28)21(29)26-18-6-7-25-27(18)10-12-4-3-5-14(22)19(12)23/h3-9H,10-11H2,1-2H3,(H2,24,28)(H,26,29). The van der Waals surface area contributed by atoms with Crippen molar-refractivity contribution >= 4 is 40.8 Å². The van der Waals surface area contributed by atoms with Crippen molar-refractivity contribution in [2.45, 2.75) is 6.54 Å². The second kappa shape index (κ2) is 10.3. The second-order valence-electron chi connectivity index (χ2n) is 6.51. The lowest BCUT2D eigenvalue weighted by atomic mass is 10.1. The average Bonchev–Trinajstić information content (AvgIpc) is 3.21. The first-order chi connectivity index (χ1) is 15.3. The first kappa shape index (κ1) is 23.2. The van der Waals surface area contributed by atoms with E-state index < -0.39 is 11.8 Å². The van der Waals surface area contributed by atoms with Crippen molar-refractivity contribution in [1.82, 2.24) is 9.78 Å². The molecule has 9 nitrogen and oxygen atoms in total. The van der Waals surface area contributed by atoms with Gasteiger partial charge in [0.1, 0.15) is 5.82 Å². The van der Waals surface area contributed by atoms with Crippen LogP contribution in [0, 0.1) is 0 Å². The van der Waals surface area contributed by atoms with Crippen LogP contribution in [0.25, 0.3) is 0 Å². The predicted octanol–water partition coefficient (Wildman–Crippen LogP) is 3.37. The zero-order valence-corrected chi connectivity index (χ0v) is 18.7. The summed E-state index contributed by atoms with van der Waals surface area (Å²) < 4.78 is 17.5. The van der Waals surface area contributed by atoms with E-state index in [-0.39, 0.29) is 29.4 Å². The second-order valence-corrected chi connectivity index (χ2v) is 7.29. The summed E-state index contributed by atoms with van der Waals surface area (Å²) in [5, 5.41) is 7.88. The van der Waals surface area contributed by atoms with Gasteiger partial charge in [0.05, 0.1) is 37.0 Å². The van der Waals surface area contributed by atoms with Crippen molar-refractivity contribution in [2.24, 2.45) is 5.73 Å². The van der Waals surface area contributed by atoms with E-state index in [4.69, 9.17) is 43.1 Å². The Balaban J connectivity index is 1.84. The number of ether oxygens (including phenoxy) is 3. The van der Waals surface area contributed by atoms with E-state index in [1.54, 1.807) is 29.1 Å². The highest BCUT2D eigenvalue weighted by molar-refractivity contribution is 6.42. The molecule has 0 saturated carbocycles. The minimum absolute atomic E-state index is 0.158. The molecule has 0 atom stereocenters. The maximum absolute atomic E-state index is 12.9. The number of hydrogen-bond acceptors (Lipinski definition) is 6. The SMILES string of the molecule is COc1cc(C(=O)Nc2ccnn2Cc2cccc(Cl)c2Cl)cc(OC)c1OCC(N)=O. The van der Waals surface area contributed by atoms with E-state index >= 15 is 0 Å². The van der Waals surface area contributed by atoms with Crippen molar-refractivity contribution in [2.75, 3.05) is 26.1 Å². The van der Waals surface area contributed by atoms with E-state index in [1.807, 2.05) is 6.07 Å². The minimum atomic E-state index is -0.663. The van der Waals surface area contributed by atoms with Crippen LogP contribution in [-0.2, 0) is 11.3 Å². The fourth-order valence-electron chi connectivity index (χ4n) is 2.88. The lowest BCUT2D eigenvalue weighted by Gasteiger charge is -2.16. The predicted molar refractivity (Wildman–Crippen MR) is 120 cm³/mol. The minimum Gasteiger partial charge on any atom is -0.493 e. The molecule has 0 fully saturated rings. The third kappa shape index (κ3) is 5.24. The highest BCUT2D eigenvalue weighted by atomic mass is 35.5. The highest BCUT2D eigenvalue weighted by Crippen LogP contribution is 2.38. The van der Waals surface area contributed by atoms with Gasteiger partial charge in [-0.3, -0.25) is 9.59 Å². The van der Waals surface area contributed by atoms with Crippen LogP contribution < -0.4 is 25.3 Å². The maximum Gasteiger partial charge on any atom is 0.257 e. The van der Waals surface area contributed by atoms with E-state index in [2.05, 4.69) is 10.4 Å². The van der Waals surface area contributed by atoms with Gasteiger partial charge in [0.15, 0.2) is 18.1 Å². The first-order valence-corrected chi connectivity index (χ1v) is 10.0. The van der Waals surface area contributed by atoms with Gasteiger partial charge in [0.2, 0.25) is 5.75 Å². The maximum atomic E-state index is 12.9. The molecule has 3 aromatic rings. The van der Waals surface area contributed by atoms with Crippen LogP contribution >= 0.6 is 23.2 Å². The summed E-state index contributed by atoms with van der Waals surface area (Å²) in [6.45, 7) is -0.0714. The number of halogens is 2. The fraction of sp³-hybridized carbons (Fsp3) is 0.190. The van der Waals surface area contributed by atoms with Gasteiger partial charge in [-0.05, 0) is 23.8 Å². The summed E-state index contributed by atoms with van der Waals surface area (Å²) in [4.78, 5) is 24.0. The monoisotopic (exact) mass is 478 g/mol. The molecule has 0 radical (unpaired) electrons. The molecule has 0 aliphatic heterocycles. The Morgan fingerprint density at radius 2 is 1.81 bits per heavy atom. The number of carbonyl (C=O) groups excluding carboxylic acids is 2. The van der Waals surface area contributed by atoms with Crippen LogP contribution in [0.1, 0.15) is 15.9 Å². The summed E-state index contributed by atoms with van der Waals surface area (Å²) in [6.07, 6.45) is 1.55.